The normalized spacial score (nSPS) is 17.1. The van der Waals surface area contributed by atoms with Crippen molar-refractivity contribution in [3.63, 3.8) is 0 Å². The Morgan fingerprint density at radius 3 is 2.31 bits per heavy atom. The minimum atomic E-state index is -0.803. The third kappa shape index (κ3) is 5.05. The van der Waals surface area contributed by atoms with Crippen LogP contribution in [0.25, 0.3) is 5.76 Å². The number of aliphatic hydroxyl groups is 1. The van der Waals surface area contributed by atoms with Crippen molar-refractivity contribution in [3.8, 4) is 11.5 Å². The van der Waals surface area contributed by atoms with E-state index in [2.05, 4.69) is 0 Å². The van der Waals surface area contributed by atoms with Gasteiger partial charge in [-0.2, -0.15) is 0 Å². The van der Waals surface area contributed by atoms with E-state index in [4.69, 9.17) is 9.47 Å². The maximum atomic E-state index is 13.0. The highest BCUT2D eigenvalue weighted by atomic mass is 16.5. The van der Waals surface area contributed by atoms with Gasteiger partial charge < -0.3 is 24.6 Å². The molecule has 0 spiro atoms. The zero-order valence-electron chi connectivity index (χ0n) is 19.6. The number of nitrogens with zero attached hydrogens (tertiary/aromatic N) is 1. The van der Waals surface area contributed by atoms with Gasteiger partial charge in [0.1, 0.15) is 23.9 Å². The summed E-state index contributed by atoms with van der Waals surface area (Å²) in [7, 11) is 1.51. The van der Waals surface area contributed by atoms with Gasteiger partial charge >= 0.3 is 0 Å². The number of benzene rings is 3. The number of hydrogen-bond acceptors (Lipinski definition) is 6. The second-order valence-corrected chi connectivity index (χ2v) is 8.32. The summed E-state index contributed by atoms with van der Waals surface area (Å²) in [5.74, 6) is -1.08. The van der Waals surface area contributed by atoms with Crippen LogP contribution in [0.3, 0.4) is 0 Å². The molecule has 4 rings (SSSR count). The number of carbonyl (C=O) groups is 2. The number of Topliss-reactive ketones (excluding diaryl/α,β-unsaturated/α-hetero) is 1. The van der Waals surface area contributed by atoms with Gasteiger partial charge in [0, 0.05) is 19.2 Å². The second-order valence-electron chi connectivity index (χ2n) is 8.32. The van der Waals surface area contributed by atoms with Crippen LogP contribution in [0.4, 0.5) is 0 Å². The Balaban J connectivity index is 1.64. The molecule has 1 saturated heterocycles. The molecule has 2 N–H and O–H groups in total. The van der Waals surface area contributed by atoms with E-state index in [0.29, 0.717) is 23.5 Å². The predicted octanol–water partition coefficient (Wildman–Crippen LogP) is 4.35. The molecular weight excluding hydrogens is 446 g/mol. The van der Waals surface area contributed by atoms with E-state index in [0.717, 1.165) is 11.1 Å². The van der Waals surface area contributed by atoms with Crippen molar-refractivity contribution < 1.29 is 29.3 Å². The molecule has 7 heteroatoms. The van der Waals surface area contributed by atoms with Crippen LogP contribution in [0.1, 0.15) is 28.3 Å². The maximum absolute atomic E-state index is 13.0. The van der Waals surface area contributed by atoms with Gasteiger partial charge in [0.2, 0.25) is 0 Å². The smallest absolute Gasteiger partial charge is 0.295 e. The van der Waals surface area contributed by atoms with Crippen LogP contribution in [0.5, 0.6) is 11.5 Å². The van der Waals surface area contributed by atoms with Crippen LogP contribution >= 0.6 is 0 Å². The molecule has 180 valence electrons. The molecular formula is C28H27NO6. The summed E-state index contributed by atoms with van der Waals surface area (Å²) in [5, 5.41) is 20.8. The molecule has 1 aliphatic rings. The number of ether oxygens (including phenoxy) is 2. The van der Waals surface area contributed by atoms with E-state index in [1.165, 1.54) is 24.1 Å². The molecule has 35 heavy (non-hydrogen) atoms. The second kappa shape index (κ2) is 10.4. The van der Waals surface area contributed by atoms with Crippen LogP contribution in [0.15, 0.2) is 78.4 Å². The number of carbonyl (C=O) groups excluding carboxylic acids is 2. The Morgan fingerprint density at radius 1 is 0.971 bits per heavy atom. The first-order valence-corrected chi connectivity index (χ1v) is 11.2. The van der Waals surface area contributed by atoms with E-state index in [1.54, 1.807) is 36.4 Å². The van der Waals surface area contributed by atoms with Gasteiger partial charge in [0.15, 0.2) is 0 Å². The zero-order valence-corrected chi connectivity index (χ0v) is 19.6. The summed E-state index contributed by atoms with van der Waals surface area (Å²) in [5.41, 5.74) is 3.18. The first-order valence-electron chi connectivity index (χ1n) is 11.2. The topological polar surface area (TPSA) is 96.3 Å². The van der Waals surface area contributed by atoms with Crippen LogP contribution in [-0.2, 0) is 20.9 Å². The summed E-state index contributed by atoms with van der Waals surface area (Å²) < 4.78 is 11.0. The summed E-state index contributed by atoms with van der Waals surface area (Å²) in [6.45, 7) is 2.83. The number of phenols is 1. The minimum Gasteiger partial charge on any atom is -0.508 e. The highest BCUT2D eigenvalue weighted by Crippen LogP contribution is 2.39. The molecule has 7 nitrogen and oxygen atoms in total. The molecule has 0 aromatic heterocycles. The molecule has 1 atom stereocenters. The van der Waals surface area contributed by atoms with Gasteiger partial charge in [-0.25, -0.2) is 0 Å². The fourth-order valence-corrected chi connectivity index (χ4v) is 4.10. The van der Waals surface area contributed by atoms with Gasteiger partial charge in [0.05, 0.1) is 18.2 Å². The zero-order chi connectivity index (χ0) is 24.9. The molecule has 1 unspecified atom stereocenters. The van der Waals surface area contributed by atoms with Crippen LogP contribution in [0, 0.1) is 6.92 Å². The van der Waals surface area contributed by atoms with E-state index in [1.807, 2.05) is 31.2 Å². The first kappa shape index (κ1) is 24.0. The van der Waals surface area contributed by atoms with E-state index < -0.39 is 17.7 Å². The molecule has 1 heterocycles. The Bertz CT molecular complexity index is 1250. The van der Waals surface area contributed by atoms with E-state index >= 15 is 0 Å². The third-order valence-corrected chi connectivity index (χ3v) is 6.07. The minimum absolute atomic E-state index is 0.00892. The van der Waals surface area contributed by atoms with E-state index in [-0.39, 0.29) is 30.2 Å². The largest absolute Gasteiger partial charge is 0.508 e. The van der Waals surface area contributed by atoms with Gasteiger partial charge in [-0.3, -0.25) is 9.59 Å². The molecule has 0 aliphatic carbocycles. The van der Waals surface area contributed by atoms with Crippen molar-refractivity contribution in [1.29, 1.82) is 0 Å². The van der Waals surface area contributed by atoms with Crippen molar-refractivity contribution in [2.45, 2.75) is 19.6 Å². The lowest BCUT2D eigenvalue weighted by Gasteiger charge is -2.25. The Morgan fingerprint density at radius 2 is 1.66 bits per heavy atom. The van der Waals surface area contributed by atoms with Gasteiger partial charge in [-0.1, -0.05) is 36.4 Å². The Kier molecular flexibility index (Phi) is 7.17. The quantitative estimate of drug-likeness (QED) is 0.287. The number of hydrogen-bond donors (Lipinski definition) is 2. The molecule has 3 aromatic rings. The highest BCUT2D eigenvalue weighted by molar-refractivity contribution is 6.46. The van der Waals surface area contributed by atoms with Crippen molar-refractivity contribution in [2.24, 2.45) is 0 Å². The molecule has 3 aromatic carbocycles. The molecule has 0 saturated carbocycles. The molecule has 0 radical (unpaired) electrons. The maximum Gasteiger partial charge on any atom is 0.295 e. The van der Waals surface area contributed by atoms with Crippen molar-refractivity contribution in [1.82, 2.24) is 4.90 Å². The summed E-state index contributed by atoms with van der Waals surface area (Å²) in [6, 6.07) is 20.1. The number of methoxy groups -OCH3 is 1. The first-order chi connectivity index (χ1) is 16.9. The Labute approximate surface area is 203 Å². The van der Waals surface area contributed by atoms with Crippen molar-refractivity contribution >= 4 is 17.4 Å². The Hall–Kier alpha value is -4.10. The SMILES string of the molecule is COCCN1C(=O)C(=O)C(=C(O)c2ccc(OCc3ccccc3C)cc2)C1c1ccc(O)cc1. The van der Waals surface area contributed by atoms with Crippen LogP contribution in [0.2, 0.25) is 0 Å². The summed E-state index contributed by atoms with van der Waals surface area (Å²) in [6.07, 6.45) is 0. The highest BCUT2D eigenvalue weighted by Gasteiger charge is 2.45. The number of amides is 1. The molecule has 1 fully saturated rings. The lowest BCUT2D eigenvalue weighted by atomic mass is 9.95. The lowest BCUT2D eigenvalue weighted by Crippen LogP contribution is -2.32. The van der Waals surface area contributed by atoms with Gasteiger partial charge in [-0.15, -0.1) is 0 Å². The van der Waals surface area contributed by atoms with Gasteiger partial charge in [0.25, 0.3) is 11.7 Å². The summed E-state index contributed by atoms with van der Waals surface area (Å²) >= 11 is 0. The van der Waals surface area contributed by atoms with Gasteiger partial charge in [-0.05, 0) is 60.0 Å². The number of rotatable bonds is 8. The standard InChI is InChI=1S/C28H27NO6/c1-18-5-3-4-6-21(18)17-35-23-13-9-20(10-14-23)26(31)24-25(19-7-11-22(30)12-8-19)29(15-16-34-2)28(33)27(24)32/h3-14,25,30-31H,15-17H2,1-2H3. The number of phenolic OH excluding ortho intramolecular Hbond substituents is 1. The third-order valence-electron chi connectivity index (χ3n) is 6.07. The average molecular weight is 474 g/mol. The van der Waals surface area contributed by atoms with Crippen molar-refractivity contribution in [2.75, 3.05) is 20.3 Å². The monoisotopic (exact) mass is 473 g/mol. The fourth-order valence-electron chi connectivity index (χ4n) is 4.10. The predicted molar refractivity (Wildman–Crippen MR) is 131 cm³/mol. The molecule has 1 amide bonds. The van der Waals surface area contributed by atoms with Crippen LogP contribution in [-0.4, -0.2) is 47.1 Å². The van der Waals surface area contributed by atoms with Crippen molar-refractivity contribution in [3.05, 3.63) is 101 Å². The fraction of sp³-hybridized carbons (Fsp3) is 0.214. The van der Waals surface area contributed by atoms with E-state index in [9.17, 15) is 19.8 Å². The average Bonchev–Trinajstić information content (AvgIpc) is 3.12. The lowest BCUT2D eigenvalue weighted by molar-refractivity contribution is -0.140. The molecule has 1 aliphatic heterocycles. The number of ketones is 1. The number of aryl methyl sites for hydroxylation is 1. The van der Waals surface area contributed by atoms with Crippen LogP contribution < -0.4 is 4.74 Å². The number of aromatic hydroxyl groups is 1. The number of likely N-dealkylation sites (tertiary alicyclic amines) is 1. The summed E-state index contributed by atoms with van der Waals surface area (Å²) in [4.78, 5) is 27.2. The number of aliphatic hydroxyl groups excluding tert-OH is 1. The molecule has 0 bridgehead atoms.